The van der Waals surface area contributed by atoms with E-state index in [1.54, 1.807) is 12.2 Å². The zero-order valence-corrected chi connectivity index (χ0v) is 10.8. The van der Waals surface area contributed by atoms with Crippen molar-refractivity contribution in [3.63, 3.8) is 0 Å². The van der Waals surface area contributed by atoms with Crippen LogP contribution in [-0.2, 0) is 4.74 Å². The number of amides is 1. The Kier molecular flexibility index (Phi) is 5.57. The molecule has 3 heteroatoms. The Morgan fingerprint density at radius 2 is 1.81 bits per heavy atom. The molecule has 3 nitrogen and oxygen atoms in total. The van der Waals surface area contributed by atoms with Crippen molar-refractivity contribution in [3.05, 3.63) is 36.1 Å². The van der Waals surface area contributed by atoms with Gasteiger partial charge < -0.3 is 4.74 Å². The van der Waals surface area contributed by atoms with Gasteiger partial charge in [-0.05, 0) is 46.8 Å². The summed E-state index contributed by atoms with van der Waals surface area (Å²) in [6.45, 7) is 13.0. The van der Waals surface area contributed by atoms with E-state index in [9.17, 15) is 4.79 Å². The summed E-state index contributed by atoms with van der Waals surface area (Å²) >= 11 is 0. The zero-order valence-electron chi connectivity index (χ0n) is 10.8. The van der Waals surface area contributed by atoms with E-state index >= 15 is 0 Å². The molecule has 0 aliphatic carbocycles. The Bertz CT molecular complexity index is 315. The predicted molar refractivity (Wildman–Crippen MR) is 67.1 cm³/mol. The highest BCUT2D eigenvalue weighted by atomic mass is 16.6. The first-order chi connectivity index (χ1) is 7.24. The third-order valence-corrected chi connectivity index (χ3v) is 1.46. The van der Waals surface area contributed by atoms with Crippen molar-refractivity contribution < 1.29 is 9.53 Å². The number of carbonyl (C=O) groups is 1. The average Bonchev–Trinajstić information content (AvgIpc) is 2.08. The Labute approximate surface area is 97.9 Å². The summed E-state index contributed by atoms with van der Waals surface area (Å²) in [6.07, 6.45) is 4.78. The molecule has 0 fully saturated rings. The van der Waals surface area contributed by atoms with Crippen LogP contribution >= 0.6 is 0 Å². The van der Waals surface area contributed by atoms with Gasteiger partial charge in [0.1, 0.15) is 5.60 Å². The molecular weight excluding hydrogens is 202 g/mol. The fourth-order valence-electron chi connectivity index (χ4n) is 0.839. The van der Waals surface area contributed by atoms with Gasteiger partial charge in [-0.1, -0.05) is 18.2 Å². The Hall–Kier alpha value is -1.51. The van der Waals surface area contributed by atoms with Gasteiger partial charge in [-0.2, -0.15) is 0 Å². The monoisotopic (exact) mass is 223 g/mol. The van der Waals surface area contributed by atoms with E-state index in [4.69, 9.17) is 4.74 Å². The van der Waals surface area contributed by atoms with Crippen LogP contribution in [-0.4, -0.2) is 11.7 Å². The largest absolute Gasteiger partial charge is 0.444 e. The molecule has 0 saturated heterocycles. The molecule has 1 N–H and O–H groups in total. The first-order valence-corrected chi connectivity index (χ1v) is 5.22. The topological polar surface area (TPSA) is 38.3 Å². The van der Waals surface area contributed by atoms with Gasteiger partial charge in [0.2, 0.25) is 0 Å². The molecule has 0 saturated carbocycles. The third-order valence-electron chi connectivity index (χ3n) is 1.46. The smallest absolute Gasteiger partial charge is 0.412 e. The molecule has 0 aliphatic rings. The molecular formula is C13H21NO2. The minimum Gasteiger partial charge on any atom is -0.444 e. The van der Waals surface area contributed by atoms with Gasteiger partial charge >= 0.3 is 6.09 Å². The van der Waals surface area contributed by atoms with Gasteiger partial charge in [0, 0.05) is 5.70 Å². The summed E-state index contributed by atoms with van der Waals surface area (Å²) in [5.41, 5.74) is 1.27. The molecule has 0 atom stereocenters. The fraction of sp³-hybridized carbons (Fsp3) is 0.462. The van der Waals surface area contributed by atoms with E-state index in [1.807, 2.05) is 40.7 Å². The van der Waals surface area contributed by atoms with Crippen molar-refractivity contribution in [2.75, 3.05) is 0 Å². The summed E-state index contributed by atoms with van der Waals surface area (Å²) in [5, 5.41) is 2.62. The molecule has 0 heterocycles. The van der Waals surface area contributed by atoms with Gasteiger partial charge in [-0.3, -0.25) is 5.32 Å². The SMILES string of the molecule is C=C/C(=C\C=C(C)C)NC(=O)OC(C)(C)C. The van der Waals surface area contributed by atoms with Crippen LogP contribution in [0.15, 0.2) is 36.1 Å². The molecule has 0 aromatic carbocycles. The lowest BCUT2D eigenvalue weighted by Gasteiger charge is -2.19. The van der Waals surface area contributed by atoms with Crippen LogP contribution in [0.1, 0.15) is 34.6 Å². The van der Waals surface area contributed by atoms with Crippen molar-refractivity contribution in [3.8, 4) is 0 Å². The normalized spacial score (nSPS) is 11.7. The zero-order chi connectivity index (χ0) is 12.8. The summed E-state index contributed by atoms with van der Waals surface area (Å²) in [7, 11) is 0. The van der Waals surface area contributed by atoms with Crippen molar-refractivity contribution in [1.82, 2.24) is 5.32 Å². The second-order valence-corrected chi connectivity index (χ2v) is 4.70. The van der Waals surface area contributed by atoms with Crippen LogP contribution in [0.4, 0.5) is 4.79 Å². The van der Waals surface area contributed by atoms with Crippen molar-refractivity contribution in [1.29, 1.82) is 0 Å². The summed E-state index contributed by atoms with van der Waals surface area (Å²) < 4.78 is 5.12. The van der Waals surface area contributed by atoms with Crippen LogP contribution in [0.5, 0.6) is 0 Å². The highest BCUT2D eigenvalue weighted by Gasteiger charge is 2.15. The highest BCUT2D eigenvalue weighted by Crippen LogP contribution is 2.07. The van der Waals surface area contributed by atoms with Crippen molar-refractivity contribution in [2.45, 2.75) is 40.2 Å². The predicted octanol–water partition coefficient (Wildman–Crippen LogP) is 3.55. The fourth-order valence-corrected chi connectivity index (χ4v) is 0.839. The second-order valence-electron chi connectivity index (χ2n) is 4.70. The number of rotatable bonds is 3. The van der Waals surface area contributed by atoms with Gasteiger partial charge in [0.25, 0.3) is 0 Å². The summed E-state index contributed by atoms with van der Waals surface area (Å²) in [4.78, 5) is 11.4. The van der Waals surface area contributed by atoms with E-state index < -0.39 is 11.7 Å². The average molecular weight is 223 g/mol. The molecule has 0 aromatic heterocycles. The second kappa shape index (κ2) is 6.16. The lowest BCUT2D eigenvalue weighted by atomic mass is 10.2. The van der Waals surface area contributed by atoms with E-state index in [1.165, 1.54) is 0 Å². The molecule has 0 rings (SSSR count). The van der Waals surface area contributed by atoms with E-state index in [-0.39, 0.29) is 0 Å². The minimum absolute atomic E-state index is 0.471. The first kappa shape index (κ1) is 14.5. The van der Waals surface area contributed by atoms with E-state index in [0.717, 1.165) is 5.57 Å². The van der Waals surface area contributed by atoms with Crippen LogP contribution in [0.2, 0.25) is 0 Å². The maximum Gasteiger partial charge on any atom is 0.412 e. The van der Waals surface area contributed by atoms with Crippen LogP contribution in [0.25, 0.3) is 0 Å². The number of ether oxygens (including phenoxy) is 1. The molecule has 0 bridgehead atoms. The summed E-state index contributed by atoms with van der Waals surface area (Å²) in [5.74, 6) is 0. The Morgan fingerprint density at radius 1 is 1.25 bits per heavy atom. The van der Waals surface area contributed by atoms with Crippen molar-refractivity contribution in [2.24, 2.45) is 0 Å². The molecule has 0 spiro atoms. The van der Waals surface area contributed by atoms with Crippen LogP contribution < -0.4 is 5.32 Å². The van der Waals surface area contributed by atoms with Gasteiger partial charge in [0.05, 0.1) is 0 Å². The number of alkyl carbamates (subject to hydrolysis) is 1. The molecule has 1 amide bonds. The Balaban J connectivity index is 4.46. The number of hydrogen-bond acceptors (Lipinski definition) is 2. The Morgan fingerprint density at radius 3 is 2.19 bits per heavy atom. The molecule has 0 unspecified atom stereocenters. The highest BCUT2D eigenvalue weighted by molar-refractivity contribution is 5.70. The molecule has 0 radical (unpaired) electrons. The molecule has 0 aliphatic heterocycles. The van der Waals surface area contributed by atoms with Crippen molar-refractivity contribution >= 4 is 6.09 Å². The van der Waals surface area contributed by atoms with Gasteiger partial charge in [-0.25, -0.2) is 4.79 Å². The minimum atomic E-state index is -0.493. The van der Waals surface area contributed by atoms with Crippen LogP contribution in [0.3, 0.4) is 0 Å². The summed E-state index contributed by atoms with van der Waals surface area (Å²) in [6, 6.07) is 0. The lowest BCUT2D eigenvalue weighted by molar-refractivity contribution is 0.0548. The third kappa shape index (κ3) is 7.85. The number of allylic oxidation sites excluding steroid dienone is 4. The quantitative estimate of drug-likeness (QED) is 0.743. The number of carbonyl (C=O) groups excluding carboxylic acids is 1. The lowest BCUT2D eigenvalue weighted by Crippen LogP contribution is -2.31. The van der Waals surface area contributed by atoms with Gasteiger partial charge in [0.15, 0.2) is 0 Å². The standard InChI is InChI=1S/C13H21NO2/c1-7-11(9-8-10(2)3)14-12(15)16-13(4,5)6/h7-9H,1H2,2-6H3,(H,14,15)/b11-9+. The van der Waals surface area contributed by atoms with Crippen LogP contribution in [0, 0.1) is 0 Å². The first-order valence-electron chi connectivity index (χ1n) is 5.22. The van der Waals surface area contributed by atoms with E-state index in [2.05, 4.69) is 11.9 Å². The maximum absolute atomic E-state index is 11.4. The van der Waals surface area contributed by atoms with Gasteiger partial charge in [-0.15, -0.1) is 0 Å². The molecule has 0 aromatic rings. The number of hydrogen-bond donors (Lipinski definition) is 1. The number of nitrogens with one attached hydrogen (secondary N) is 1. The molecule has 16 heavy (non-hydrogen) atoms. The molecule has 90 valence electrons. The van der Waals surface area contributed by atoms with E-state index in [0.29, 0.717) is 5.70 Å². The maximum atomic E-state index is 11.4.